The largest absolute Gasteiger partial charge is 0.375 e. The van der Waals surface area contributed by atoms with Crippen molar-refractivity contribution in [3.8, 4) is 0 Å². The fourth-order valence-corrected chi connectivity index (χ4v) is 5.24. The standard InChI is InChI=1S/C14H27N5O2S2.ClH/c1-3-5-18(6-4-2)23(20,21)19-9-7-17(8-10-19)12-13-11-16-14(15)22-13;/h11H,3-10,12H2,1-2H3,(H2,15,16);1H. The van der Waals surface area contributed by atoms with Gasteiger partial charge in [0.1, 0.15) is 0 Å². The summed E-state index contributed by atoms with van der Waals surface area (Å²) in [5.74, 6) is 0. The Hall–Kier alpha value is -0.450. The number of rotatable bonds is 8. The first kappa shape index (κ1) is 21.6. The van der Waals surface area contributed by atoms with Gasteiger partial charge in [-0.3, -0.25) is 4.90 Å². The van der Waals surface area contributed by atoms with E-state index in [9.17, 15) is 8.42 Å². The van der Waals surface area contributed by atoms with Gasteiger partial charge < -0.3 is 5.73 Å². The first-order valence-electron chi connectivity index (χ1n) is 8.15. The third kappa shape index (κ3) is 5.53. The van der Waals surface area contributed by atoms with Crippen molar-refractivity contribution in [3.05, 3.63) is 11.1 Å². The van der Waals surface area contributed by atoms with Gasteiger partial charge >= 0.3 is 0 Å². The normalized spacial score (nSPS) is 17.1. The first-order valence-corrected chi connectivity index (χ1v) is 10.4. The molecule has 0 saturated carbocycles. The number of nitrogen functional groups attached to an aromatic ring is 1. The van der Waals surface area contributed by atoms with Crippen molar-refractivity contribution in [2.24, 2.45) is 0 Å². The number of thiazole rings is 1. The van der Waals surface area contributed by atoms with Crippen LogP contribution in [-0.2, 0) is 16.8 Å². The van der Waals surface area contributed by atoms with Crippen molar-refractivity contribution < 1.29 is 8.42 Å². The van der Waals surface area contributed by atoms with Crippen LogP contribution in [-0.4, -0.2) is 66.2 Å². The van der Waals surface area contributed by atoms with Crippen LogP contribution in [0.4, 0.5) is 5.13 Å². The lowest BCUT2D eigenvalue weighted by Gasteiger charge is -2.36. The highest BCUT2D eigenvalue weighted by atomic mass is 35.5. The van der Waals surface area contributed by atoms with Crippen LogP contribution in [0.3, 0.4) is 0 Å². The smallest absolute Gasteiger partial charge is 0.282 e. The molecular weight excluding hydrogens is 370 g/mol. The molecule has 24 heavy (non-hydrogen) atoms. The number of hydrogen-bond acceptors (Lipinski definition) is 6. The maximum atomic E-state index is 12.7. The van der Waals surface area contributed by atoms with Crippen LogP contribution in [0.2, 0.25) is 0 Å². The summed E-state index contributed by atoms with van der Waals surface area (Å²) in [6.07, 6.45) is 3.48. The lowest BCUT2D eigenvalue weighted by molar-refractivity contribution is 0.175. The number of nitrogens with zero attached hydrogens (tertiary/aromatic N) is 4. The second-order valence-electron chi connectivity index (χ2n) is 5.75. The molecule has 2 heterocycles. The van der Waals surface area contributed by atoms with Crippen molar-refractivity contribution in [1.82, 2.24) is 18.5 Å². The molecule has 0 amide bonds. The highest BCUT2D eigenvalue weighted by molar-refractivity contribution is 7.86. The molecule has 1 aromatic rings. The molecule has 1 fully saturated rings. The first-order chi connectivity index (χ1) is 11.0. The summed E-state index contributed by atoms with van der Waals surface area (Å²) in [5, 5.41) is 0.580. The lowest BCUT2D eigenvalue weighted by atomic mass is 10.3. The zero-order valence-corrected chi connectivity index (χ0v) is 16.8. The van der Waals surface area contributed by atoms with Crippen LogP contribution in [0.15, 0.2) is 6.20 Å². The molecule has 1 saturated heterocycles. The maximum Gasteiger partial charge on any atom is 0.282 e. The van der Waals surface area contributed by atoms with Crippen LogP contribution < -0.4 is 5.73 Å². The Kier molecular flexibility index (Phi) is 8.89. The van der Waals surface area contributed by atoms with Gasteiger partial charge in [-0.1, -0.05) is 13.8 Å². The summed E-state index contributed by atoms with van der Waals surface area (Å²) in [4.78, 5) is 7.43. The molecule has 0 aliphatic carbocycles. The van der Waals surface area contributed by atoms with E-state index >= 15 is 0 Å². The zero-order chi connectivity index (χ0) is 16.9. The van der Waals surface area contributed by atoms with Crippen molar-refractivity contribution in [2.75, 3.05) is 45.0 Å². The van der Waals surface area contributed by atoms with Crippen molar-refractivity contribution in [3.63, 3.8) is 0 Å². The monoisotopic (exact) mass is 397 g/mol. The number of hydrogen-bond donors (Lipinski definition) is 1. The molecule has 140 valence electrons. The summed E-state index contributed by atoms with van der Waals surface area (Å²) >= 11 is 1.49. The quantitative estimate of drug-likeness (QED) is 0.720. The minimum absolute atomic E-state index is 0. The van der Waals surface area contributed by atoms with Crippen molar-refractivity contribution >= 4 is 39.1 Å². The number of halogens is 1. The zero-order valence-electron chi connectivity index (χ0n) is 14.3. The van der Waals surface area contributed by atoms with Crippen LogP contribution in [0, 0.1) is 0 Å². The van der Waals surface area contributed by atoms with Gasteiger partial charge in [0.05, 0.1) is 0 Å². The summed E-state index contributed by atoms with van der Waals surface area (Å²) in [6.45, 7) is 8.56. The Morgan fingerprint density at radius 2 is 1.79 bits per heavy atom. The molecule has 10 heteroatoms. The molecular formula is C14H28ClN5O2S2. The van der Waals surface area contributed by atoms with Gasteiger partial charge in [0, 0.05) is 56.9 Å². The third-order valence-electron chi connectivity index (χ3n) is 3.88. The average Bonchev–Trinajstić information content (AvgIpc) is 2.93. The Bertz CT molecular complexity index is 582. The molecule has 0 radical (unpaired) electrons. The van der Waals surface area contributed by atoms with Crippen LogP contribution in [0.25, 0.3) is 0 Å². The van der Waals surface area contributed by atoms with E-state index in [1.54, 1.807) is 14.8 Å². The Morgan fingerprint density at radius 3 is 2.25 bits per heavy atom. The van der Waals surface area contributed by atoms with Crippen LogP contribution in [0.5, 0.6) is 0 Å². The number of aromatic nitrogens is 1. The van der Waals surface area contributed by atoms with Crippen molar-refractivity contribution in [2.45, 2.75) is 33.2 Å². The molecule has 0 unspecified atom stereocenters. The van der Waals surface area contributed by atoms with Gasteiger partial charge in [0.25, 0.3) is 10.2 Å². The second kappa shape index (κ2) is 9.88. The molecule has 0 aromatic carbocycles. The van der Waals surface area contributed by atoms with Gasteiger partial charge in [-0.15, -0.1) is 23.7 Å². The van der Waals surface area contributed by atoms with Gasteiger partial charge in [-0.05, 0) is 12.8 Å². The number of piperazine rings is 1. The minimum Gasteiger partial charge on any atom is -0.375 e. The van der Waals surface area contributed by atoms with E-state index in [1.165, 1.54) is 11.3 Å². The molecule has 1 aliphatic heterocycles. The fourth-order valence-electron chi connectivity index (χ4n) is 2.74. The predicted molar refractivity (Wildman–Crippen MR) is 102 cm³/mol. The molecule has 7 nitrogen and oxygen atoms in total. The molecule has 0 bridgehead atoms. The SMILES string of the molecule is CCCN(CCC)S(=O)(=O)N1CCN(Cc2cnc(N)s2)CC1.Cl. The van der Waals surface area contributed by atoms with E-state index in [-0.39, 0.29) is 12.4 Å². The molecule has 2 rings (SSSR count). The molecule has 0 spiro atoms. The highest BCUT2D eigenvalue weighted by Crippen LogP contribution is 2.19. The average molecular weight is 398 g/mol. The Labute approximate surface area is 155 Å². The van der Waals surface area contributed by atoms with E-state index in [0.717, 1.165) is 37.4 Å². The number of anilines is 1. The summed E-state index contributed by atoms with van der Waals surface area (Å²) in [7, 11) is -3.33. The van der Waals surface area contributed by atoms with E-state index < -0.39 is 10.2 Å². The summed E-state index contributed by atoms with van der Waals surface area (Å²) < 4.78 is 28.7. The highest BCUT2D eigenvalue weighted by Gasteiger charge is 2.31. The van der Waals surface area contributed by atoms with E-state index in [1.807, 2.05) is 13.8 Å². The maximum absolute atomic E-state index is 12.7. The van der Waals surface area contributed by atoms with Gasteiger partial charge in [-0.2, -0.15) is 17.0 Å². The molecule has 1 aromatic heterocycles. The van der Waals surface area contributed by atoms with E-state index in [4.69, 9.17) is 5.73 Å². The number of nitrogens with two attached hydrogens (primary N) is 1. The summed E-state index contributed by atoms with van der Waals surface area (Å²) in [6, 6.07) is 0. The molecule has 2 N–H and O–H groups in total. The lowest BCUT2D eigenvalue weighted by Crippen LogP contribution is -2.53. The van der Waals surface area contributed by atoms with Gasteiger partial charge in [0.2, 0.25) is 0 Å². The van der Waals surface area contributed by atoms with E-state index in [2.05, 4.69) is 9.88 Å². The van der Waals surface area contributed by atoms with E-state index in [0.29, 0.717) is 31.3 Å². The molecule has 1 aliphatic rings. The van der Waals surface area contributed by atoms with Gasteiger partial charge in [0.15, 0.2) is 5.13 Å². The minimum atomic E-state index is -3.33. The van der Waals surface area contributed by atoms with Crippen molar-refractivity contribution in [1.29, 1.82) is 0 Å². The van der Waals surface area contributed by atoms with Crippen LogP contribution in [0.1, 0.15) is 31.6 Å². The topological polar surface area (TPSA) is 82.8 Å². The van der Waals surface area contributed by atoms with Crippen LogP contribution >= 0.6 is 23.7 Å². The molecule has 0 atom stereocenters. The predicted octanol–water partition coefficient (Wildman–Crippen LogP) is 1.63. The third-order valence-corrected chi connectivity index (χ3v) is 6.73. The fraction of sp³-hybridized carbons (Fsp3) is 0.786. The Morgan fingerprint density at radius 1 is 1.21 bits per heavy atom. The second-order valence-corrected chi connectivity index (χ2v) is 8.82. The summed E-state index contributed by atoms with van der Waals surface area (Å²) in [5.41, 5.74) is 5.65. The Balaban J connectivity index is 0.00000288. The van der Waals surface area contributed by atoms with Gasteiger partial charge in [-0.25, -0.2) is 4.98 Å².